The molecule has 0 bridgehead atoms. The fourth-order valence-electron chi connectivity index (χ4n) is 1.09. The van der Waals surface area contributed by atoms with Gasteiger partial charge in [0.15, 0.2) is 0 Å². The molecule has 1 aliphatic heterocycles. The monoisotopic (exact) mass is 197 g/mol. The summed E-state index contributed by atoms with van der Waals surface area (Å²) in [6.45, 7) is 6.02. The Labute approximate surface area is 83.0 Å². The van der Waals surface area contributed by atoms with Gasteiger partial charge >= 0.3 is 11.8 Å². The quantitative estimate of drug-likeness (QED) is 0.633. The van der Waals surface area contributed by atoms with E-state index in [0.717, 1.165) is 12.8 Å². The van der Waals surface area contributed by atoms with Gasteiger partial charge in [-0.2, -0.15) is 0 Å². The minimum Gasteiger partial charge on any atom is -0.288 e. The van der Waals surface area contributed by atoms with Gasteiger partial charge in [-0.3, -0.25) is 20.2 Å². The molecular formula is C9H15N3O2. The van der Waals surface area contributed by atoms with E-state index >= 15 is 0 Å². The molecule has 0 aliphatic carbocycles. The number of rotatable bonds is 3. The van der Waals surface area contributed by atoms with Crippen LogP contribution in [0.1, 0.15) is 33.6 Å². The van der Waals surface area contributed by atoms with Crippen molar-refractivity contribution < 1.29 is 9.59 Å². The van der Waals surface area contributed by atoms with Crippen molar-refractivity contribution in [2.24, 2.45) is 4.99 Å². The van der Waals surface area contributed by atoms with Crippen LogP contribution in [0.2, 0.25) is 0 Å². The molecule has 1 rings (SSSR count). The smallest absolute Gasteiger partial charge is 0.288 e. The van der Waals surface area contributed by atoms with E-state index in [1.807, 2.05) is 20.8 Å². The molecule has 0 unspecified atom stereocenters. The van der Waals surface area contributed by atoms with Crippen molar-refractivity contribution in [2.45, 2.75) is 39.2 Å². The molecule has 5 heteroatoms. The van der Waals surface area contributed by atoms with Crippen LogP contribution in [0.15, 0.2) is 4.99 Å². The molecule has 2 amide bonds. The molecule has 0 atom stereocenters. The highest BCUT2D eigenvalue weighted by Gasteiger charge is 2.28. The summed E-state index contributed by atoms with van der Waals surface area (Å²) in [5, 5.41) is 4.76. The molecule has 1 saturated heterocycles. The molecule has 2 N–H and O–H groups in total. The van der Waals surface area contributed by atoms with E-state index in [-0.39, 0.29) is 11.5 Å². The van der Waals surface area contributed by atoms with Crippen molar-refractivity contribution in [3.63, 3.8) is 0 Å². The topological polar surface area (TPSA) is 70.6 Å². The van der Waals surface area contributed by atoms with E-state index < -0.39 is 11.8 Å². The number of nitrogens with zero attached hydrogens (tertiary/aromatic N) is 1. The van der Waals surface area contributed by atoms with Gasteiger partial charge in [0.25, 0.3) is 0 Å². The van der Waals surface area contributed by atoms with Gasteiger partial charge in [-0.05, 0) is 19.8 Å². The van der Waals surface area contributed by atoms with E-state index in [2.05, 4.69) is 15.6 Å². The van der Waals surface area contributed by atoms with E-state index in [1.165, 1.54) is 0 Å². The van der Waals surface area contributed by atoms with Crippen LogP contribution in [0.3, 0.4) is 0 Å². The zero-order valence-electron chi connectivity index (χ0n) is 8.68. The summed E-state index contributed by atoms with van der Waals surface area (Å²) in [6.07, 6.45) is 1.72. The fraction of sp³-hybridized carbons (Fsp3) is 0.667. The maximum absolute atomic E-state index is 10.8. The predicted molar refractivity (Wildman–Crippen MR) is 52.7 cm³/mol. The summed E-state index contributed by atoms with van der Waals surface area (Å²) >= 11 is 0. The number of carbonyl (C=O) groups is 2. The first-order chi connectivity index (χ1) is 6.50. The van der Waals surface area contributed by atoms with Crippen LogP contribution in [0.25, 0.3) is 0 Å². The Morgan fingerprint density at radius 3 is 1.93 bits per heavy atom. The van der Waals surface area contributed by atoms with Crippen molar-refractivity contribution in [1.82, 2.24) is 10.6 Å². The van der Waals surface area contributed by atoms with Gasteiger partial charge in [0.2, 0.25) is 5.96 Å². The average Bonchev–Trinajstić information content (AvgIpc) is 2.45. The van der Waals surface area contributed by atoms with Crippen LogP contribution in [-0.4, -0.2) is 23.3 Å². The fourth-order valence-corrected chi connectivity index (χ4v) is 1.09. The Morgan fingerprint density at radius 1 is 1.14 bits per heavy atom. The Kier molecular flexibility index (Phi) is 2.88. The Morgan fingerprint density at radius 2 is 1.57 bits per heavy atom. The van der Waals surface area contributed by atoms with Gasteiger partial charge in [-0.15, -0.1) is 0 Å². The number of hydrogen-bond donors (Lipinski definition) is 2. The molecule has 0 saturated carbocycles. The zero-order valence-corrected chi connectivity index (χ0v) is 8.68. The third kappa shape index (κ3) is 2.10. The van der Waals surface area contributed by atoms with E-state index in [0.29, 0.717) is 0 Å². The number of guanidine groups is 1. The van der Waals surface area contributed by atoms with Crippen LogP contribution >= 0.6 is 0 Å². The Balaban J connectivity index is 2.79. The number of nitrogens with one attached hydrogen (secondary N) is 2. The summed E-state index contributed by atoms with van der Waals surface area (Å²) < 4.78 is 0. The van der Waals surface area contributed by atoms with Gasteiger partial charge in [0.05, 0.1) is 5.54 Å². The molecular weight excluding hydrogens is 182 g/mol. The second-order valence-electron chi connectivity index (χ2n) is 3.57. The molecule has 1 fully saturated rings. The maximum atomic E-state index is 10.8. The first-order valence-electron chi connectivity index (χ1n) is 4.73. The molecule has 1 aliphatic rings. The Hall–Kier alpha value is -1.39. The molecule has 0 aromatic rings. The van der Waals surface area contributed by atoms with Crippen LogP contribution in [0, 0.1) is 0 Å². The van der Waals surface area contributed by atoms with Crippen LogP contribution in [0.4, 0.5) is 0 Å². The van der Waals surface area contributed by atoms with Gasteiger partial charge in [0, 0.05) is 0 Å². The lowest BCUT2D eigenvalue weighted by atomic mass is 9.97. The average molecular weight is 197 g/mol. The van der Waals surface area contributed by atoms with Gasteiger partial charge in [0.1, 0.15) is 0 Å². The highest BCUT2D eigenvalue weighted by molar-refractivity contribution is 6.45. The highest BCUT2D eigenvalue weighted by atomic mass is 16.2. The SMILES string of the molecule is CCC(C)(CC)N=C1NC(=O)C(=O)N1. The van der Waals surface area contributed by atoms with Gasteiger partial charge in [-0.25, -0.2) is 4.99 Å². The number of aliphatic imine (C=N–C) groups is 1. The maximum Gasteiger partial charge on any atom is 0.316 e. The minimum absolute atomic E-state index is 0.222. The summed E-state index contributed by atoms with van der Waals surface area (Å²) in [5.74, 6) is -1.01. The van der Waals surface area contributed by atoms with Crippen LogP contribution in [0.5, 0.6) is 0 Å². The van der Waals surface area contributed by atoms with Crippen molar-refractivity contribution in [1.29, 1.82) is 0 Å². The molecule has 5 nitrogen and oxygen atoms in total. The molecule has 0 spiro atoms. The lowest BCUT2D eigenvalue weighted by Gasteiger charge is -2.21. The molecule has 14 heavy (non-hydrogen) atoms. The second kappa shape index (κ2) is 3.77. The summed E-state index contributed by atoms with van der Waals surface area (Å²) in [5.41, 5.74) is -0.222. The number of amides is 2. The zero-order chi connectivity index (χ0) is 10.8. The summed E-state index contributed by atoms with van der Waals surface area (Å²) in [4.78, 5) is 26.0. The second-order valence-corrected chi connectivity index (χ2v) is 3.57. The normalized spacial score (nSPS) is 16.6. The third-order valence-corrected chi connectivity index (χ3v) is 2.58. The molecule has 0 aromatic carbocycles. The first-order valence-corrected chi connectivity index (χ1v) is 4.73. The first kappa shape index (κ1) is 10.7. The van der Waals surface area contributed by atoms with Crippen molar-refractivity contribution in [3.05, 3.63) is 0 Å². The van der Waals surface area contributed by atoms with E-state index in [9.17, 15) is 9.59 Å². The molecule has 78 valence electrons. The Bertz CT molecular complexity index is 274. The van der Waals surface area contributed by atoms with Crippen molar-refractivity contribution >= 4 is 17.8 Å². The van der Waals surface area contributed by atoms with Crippen LogP contribution in [-0.2, 0) is 9.59 Å². The van der Waals surface area contributed by atoms with Gasteiger partial charge < -0.3 is 0 Å². The highest BCUT2D eigenvalue weighted by Crippen LogP contribution is 2.19. The minimum atomic E-state index is -0.640. The number of carbonyl (C=O) groups excluding carboxylic acids is 2. The van der Waals surface area contributed by atoms with Crippen LogP contribution < -0.4 is 10.6 Å². The lowest BCUT2D eigenvalue weighted by molar-refractivity contribution is -0.135. The van der Waals surface area contributed by atoms with Crippen molar-refractivity contribution in [2.75, 3.05) is 0 Å². The van der Waals surface area contributed by atoms with E-state index in [1.54, 1.807) is 0 Å². The largest absolute Gasteiger partial charge is 0.316 e. The third-order valence-electron chi connectivity index (χ3n) is 2.58. The molecule has 0 radical (unpaired) electrons. The van der Waals surface area contributed by atoms with E-state index in [4.69, 9.17) is 0 Å². The molecule has 1 heterocycles. The molecule has 0 aromatic heterocycles. The summed E-state index contributed by atoms with van der Waals surface area (Å²) in [6, 6.07) is 0. The van der Waals surface area contributed by atoms with Gasteiger partial charge in [-0.1, -0.05) is 13.8 Å². The lowest BCUT2D eigenvalue weighted by Crippen LogP contribution is -2.32. The predicted octanol–water partition coefficient (Wildman–Crippen LogP) is 0.167. The standard InChI is InChI=1S/C9H15N3O2/c1-4-9(3,5-2)12-8-10-6(13)7(14)11-8/h4-5H2,1-3H3,(H2,10,11,12,13,14). The summed E-state index contributed by atoms with van der Waals surface area (Å²) in [7, 11) is 0. The number of hydrogen-bond acceptors (Lipinski definition) is 3. The van der Waals surface area contributed by atoms with Crippen molar-refractivity contribution in [3.8, 4) is 0 Å².